The predicted octanol–water partition coefficient (Wildman–Crippen LogP) is 1.51. The smallest absolute Gasteiger partial charge is 0.322 e. The van der Waals surface area contributed by atoms with Crippen molar-refractivity contribution in [2.75, 3.05) is 5.75 Å². The highest BCUT2D eigenvalue weighted by atomic mass is 32.2. The third-order valence-electron chi connectivity index (χ3n) is 2.46. The maximum Gasteiger partial charge on any atom is 0.322 e. The zero-order chi connectivity index (χ0) is 12.9. The zero-order valence-electron chi connectivity index (χ0n) is 9.67. The first-order valence-electron chi connectivity index (χ1n) is 5.45. The van der Waals surface area contributed by atoms with Gasteiger partial charge in [0.05, 0.1) is 5.75 Å². The first-order valence-corrected chi connectivity index (χ1v) is 7.17. The predicted molar refractivity (Wildman–Crippen MR) is 65.6 cm³/mol. The lowest BCUT2D eigenvalue weighted by Crippen LogP contribution is -2.34. The summed E-state index contributed by atoms with van der Waals surface area (Å²) in [6.45, 7) is 1.72. The minimum absolute atomic E-state index is 0.0263. The van der Waals surface area contributed by atoms with Crippen LogP contribution in [0.5, 0.6) is 0 Å². The molecule has 0 aromatic heterocycles. The molecule has 0 aliphatic rings. The van der Waals surface area contributed by atoms with E-state index in [9.17, 15) is 13.2 Å². The summed E-state index contributed by atoms with van der Waals surface area (Å²) >= 11 is 0. The van der Waals surface area contributed by atoms with Gasteiger partial charge in [-0.05, 0) is 18.4 Å². The van der Waals surface area contributed by atoms with E-state index in [-0.39, 0.29) is 12.2 Å². The minimum Gasteiger partial charge on any atom is -0.480 e. The van der Waals surface area contributed by atoms with E-state index in [4.69, 9.17) is 5.11 Å². The number of carboxylic acids is 1. The largest absolute Gasteiger partial charge is 0.480 e. The van der Waals surface area contributed by atoms with Gasteiger partial charge in [-0.3, -0.25) is 4.79 Å². The standard InChI is InChI=1S/C12H16O4S/c1-2-8-17(15,16)11(12(13)14)9-10-6-4-3-5-7-10/h3-7,11H,2,8-9H2,1H3,(H,13,14). The van der Waals surface area contributed by atoms with Crippen molar-refractivity contribution in [1.29, 1.82) is 0 Å². The molecule has 0 fully saturated rings. The molecule has 0 spiro atoms. The van der Waals surface area contributed by atoms with Crippen LogP contribution < -0.4 is 0 Å². The Morgan fingerprint density at radius 1 is 1.29 bits per heavy atom. The molecular formula is C12H16O4S. The van der Waals surface area contributed by atoms with E-state index in [1.807, 2.05) is 0 Å². The van der Waals surface area contributed by atoms with E-state index in [0.29, 0.717) is 6.42 Å². The molecule has 5 heteroatoms. The van der Waals surface area contributed by atoms with Crippen LogP contribution in [-0.2, 0) is 21.1 Å². The quantitative estimate of drug-likeness (QED) is 0.837. The average molecular weight is 256 g/mol. The van der Waals surface area contributed by atoms with Crippen LogP contribution in [0, 0.1) is 0 Å². The minimum atomic E-state index is -3.57. The number of aliphatic carboxylic acids is 1. The molecule has 1 unspecified atom stereocenters. The van der Waals surface area contributed by atoms with Crippen LogP contribution in [0.1, 0.15) is 18.9 Å². The highest BCUT2D eigenvalue weighted by Gasteiger charge is 2.31. The topological polar surface area (TPSA) is 71.4 Å². The molecule has 0 aliphatic carbocycles. The van der Waals surface area contributed by atoms with Crippen LogP contribution in [0.15, 0.2) is 30.3 Å². The van der Waals surface area contributed by atoms with Crippen molar-refractivity contribution in [3.63, 3.8) is 0 Å². The number of sulfone groups is 1. The van der Waals surface area contributed by atoms with Crippen LogP contribution in [-0.4, -0.2) is 30.5 Å². The second kappa shape index (κ2) is 5.82. The Hall–Kier alpha value is -1.36. The van der Waals surface area contributed by atoms with Crippen molar-refractivity contribution in [3.8, 4) is 0 Å². The fourth-order valence-electron chi connectivity index (χ4n) is 1.62. The normalized spacial score (nSPS) is 13.2. The highest BCUT2D eigenvalue weighted by molar-refractivity contribution is 7.92. The molecule has 1 aromatic carbocycles. The number of carbonyl (C=O) groups is 1. The van der Waals surface area contributed by atoms with Gasteiger partial charge in [0.1, 0.15) is 0 Å². The number of carboxylic acid groups (broad SMARTS) is 1. The summed E-state index contributed by atoms with van der Waals surface area (Å²) in [5.41, 5.74) is 0.722. The van der Waals surface area contributed by atoms with E-state index in [1.54, 1.807) is 37.3 Å². The number of hydrogen-bond donors (Lipinski definition) is 1. The molecule has 0 bridgehead atoms. The lowest BCUT2D eigenvalue weighted by molar-refractivity contribution is -0.136. The van der Waals surface area contributed by atoms with Gasteiger partial charge in [0.2, 0.25) is 0 Å². The summed E-state index contributed by atoms with van der Waals surface area (Å²) in [5.74, 6) is -1.36. The van der Waals surface area contributed by atoms with Gasteiger partial charge in [-0.2, -0.15) is 0 Å². The molecule has 1 rings (SSSR count). The van der Waals surface area contributed by atoms with Gasteiger partial charge in [0, 0.05) is 0 Å². The molecule has 1 atom stereocenters. The van der Waals surface area contributed by atoms with Crippen molar-refractivity contribution in [2.45, 2.75) is 25.0 Å². The fourth-order valence-corrected chi connectivity index (χ4v) is 3.23. The summed E-state index contributed by atoms with van der Waals surface area (Å²) in [6, 6.07) is 8.80. The van der Waals surface area contributed by atoms with E-state index < -0.39 is 21.1 Å². The first-order chi connectivity index (χ1) is 7.97. The van der Waals surface area contributed by atoms with Crippen molar-refractivity contribution in [1.82, 2.24) is 0 Å². The Morgan fingerprint density at radius 2 is 1.88 bits per heavy atom. The molecular weight excluding hydrogens is 240 g/mol. The average Bonchev–Trinajstić information content (AvgIpc) is 2.26. The fraction of sp³-hybridized carbons (Fsp3) is 0.417. The number of hydrogen-bond acceptors (Lipinski definition) is 3. The summed E-state index contributed by atoms with van der Waals surface area (Å²) in [7, 11) is -3.57. The Kier molecular flexibility index (Phi) is 4.69. The molecule has 17 heavy (non-hydrogen) atoms. The lowest BCUT2D eigenvalue weighted by atomic mass is 10.1. The van der Waals surface area contributed by atoms with E-state index in [2.05, 4.69) is 0 Å². The molecule has 0 amide bonds. The van der Waals surface area contributed by atoms with Crippen LogP contribution >= 0.6 is 0 Å². The molecule has 0 aliphatic heterocycles. The van der Waals surface area contributed by atoms with Gasteiger partial charge in [-0.1, -0.05) is 37.3 Å². The van der Waals surface area contributed by atoms with Gasteiger partial charge in [0.25, 0.3) is 0 Å². The maximum absolute atomic E-state index is 11.8. The molecule has 0 saturated heterocycles. The van der Waals surface area contributed by atoms with Gasteiger partial charge >= 0.3 is 5.97 Å². The molecule has 94 valence electrons. The summed E-state index contributed by atoms with van der Waals surface area (Å²) < 4.78 is 23.6. The Balaban J connectivity index is 2.92. The molecule has 0 heterocycles. The van der Waals surface area contributed by atoms with Crippen LogP contribution in [0.25, 0.3) is 0 Å². The van der Waals surface area contributed by atoms with Crippen molar-refractivity contribution in [3.05, 3.63) is 35.9 Å². The van der Waals surface area contributed by atoms with E-state index >= 15 is 0 Å². The van der Waals surface area contributed by atoms with Gasteiger partial charge in [-0.25, -0.2) is 8.42 Å². The summed E-state index contributed by atoms with van der Waals surface area (Å²) in [5, 5.41) is 7.67. The van der Waals surface area contributed by atoms with Gasteiger partial charge in [0.15, 0.2) is 15.1 Å². The molecule has 1 N–H and O–H groups in total. The summed E-state index contributed by atoms with van der Waals surface area (Å²) in [4.78, 5) is 11.0. The molecule has 0 radical (unpaired) electrons. The van der Waals surface area contributed by atoms with Crippen LogP contribution in [0.2, 0.25) is 0 Å². The third kappa shape index (κ3) is 3.85. The Labute approximate surface area is 101 Å². The van der Waals surface area contributed by atoms with E-state index in [0.717, 1.165) is 5.56 Å². The monoisotopic (exact) mass is 256 g/mol. The second-order valence-electron chi connectivity index (χ2n) is 3.88. The first kappa shape index (κ1) is 13.7. The van der Waals surface area contributed by atoms with Crippen molar-refractivity contribution in [2.24, 2.45) is 0 Å². The third-order valence-corrected chi connectivity index (χ3v) is 4.67. The Morgan fingerprint density at radius 3 is 2.35 bits per heavy atom. The summed E-state index contributed by atoms with van der Waals surface area (Å²) in [6.07, 6.45) is 0.458. The lowest BCUT2D eigenvalue weighted by Gasteiger charge is -2.12. The van der Waals surface area contributed by atoms with Crippen LogP contribution in [0.3, 0.4) is 0 Å². The number of benzene rings is 1. The Bertz CT molecular complexity index is 465. The molecule has 1 aromatic rings. The highest BCUT2D eigenvalue weighted by Crippen LogP contribution is 2.12. The molecule has 0 saturated carbocycles. The van der Waals surface area contributed by atoms with Crippen LogP contribution in [0.4, 0.5) is 0 Å². The number of rotatable bonds is 6. The molecule has 4 nitrogen and oxygen atoms in total. The van der Waals surface area contributed by atoms with E-state index in [1.165, 1.54) is 0 Å². The SMILES string of the molecule is CCCS(=O)(=O)C(Cc1ccccc1)C(=O)O. The zero-order valence-corrected chi connectivity index (χ0v) is 10.5. The van der Waals surface area contributed by atoms with Crippen molar-refractivity contribution >= 4 is 15.8 Å². The second-order valence-corrected chi connectivity index (χ2v) is 6.19. The van der Waals surface area contributed by atoms with Gasteiger partial charge in [-0.15, -0.1) is 0 Å². The van der Waals surface area contributed by atoms with Gasteiger partial charge < -0.3 is 5.11 Å². The van der Waals surface area contributed by atoms with Crippen molar-refractivity contribution < 1.29 is 18.3 Å². The maximum atomic E-state index is 11.8.